The fourth-order valence-corrected chi connectivity index (χ4v) is 3.20. The molecule has 0 aromatic carbocycles. The molecule has 1 fully saturated rings. The third-order valence-electron chi connectivity index (χ3n) is 4.84. The van der Waals surface area contributed by atoms with Crippen LogP contribution in [0.25, 0.3) is 0 Å². The number of aryl methyl sites for hydroxylation is 1. The first-order valence-electron chi connectivity index (χ1n) is 9.41. The van der Waals surface area contributed by atoms with E-state index in [-0.39, 0.29) is 23.9 Å². The summed E-state index contributed by atoms with van der Waals surface area (Å²) < 4.78 is 40.2. The van der Waals surface area contributed by atoms with Gasteiger partial charge in [-0.05, 0) is 39.7 Å². The molecule has 0 radical (unpaired) electrons. The van der Waals surface area contributed by atoms with E-state index in [2.05, 4.69) is 17.8 Å². The van der Waals surface area contributed by atoms with Crippen molar-refractivity contribution in [2.75, 3.05) is 18.5 Å². The first-order valence-corrected chi connectivity index (χ1v) is 9.41. The van der Waals surface area contributed by atoms with Crippen LogP contribution in [0, 0.1) is 31.1 Å². The molecule has 6 nitrogen and oxygen atoms in total. The quantitative estimate of drug-likeness (QED) is 0.434. The van der Waals surface area contributed by atoms with Gasteiger partial charge in [-0.15, -0.1) is 12.8 Å². The van der Waals surface area contributed by atoms with Gasteiger partial charge in [-0.2, -0.15) is 18.4 Å². The Morgan fingerprint density at radius 2 is 2.06 bits per heavy atom. The van der Waals surface area contributed by atoms with Crippen molar-refractivity contribution in [3.63, 3.8) is 0 Å². The Morgan fingerprint density at radius 1 is 1.45 bits per heavy atom. The van der Waals surface area contributed by atoms with Crippen LogP contribution in [0.3, 0.4) is 0 Å². The fraction of sp³-hybridized carbons (Fsp3) is 0.409. The molecule has 1 N–H and O–H groups in total. The van der Waals surface area contributed by atoms with E-state index in [1.165, 1.54) is 24.9 Å². The average molecular weight is 434 g/mol. The number of likely N-dealkylation sites (N-methyl/N-ethyl adjacent to an activating group) is 1. The van der Waals surface area contributed by atoms with E-state index in [1.54, 1.807) is 26.0 Å². The summed E-state index contributed by atoms with van der Waals surface area (Å²) in [5.74, 6) is -0.913. The monoisotopic (exact) mass is 434 g/mol. The van der Waals surface area contributed by atoms with Gasteiger partial charge in [-0.3, -0.25) is 9.69 Å². The molecule has 0 bridgehead atoms. The van der Waals surface area contributed by atoms with Crippen molar-refractivity contribution < 1.29 is 23.1 Å². The number of pyridine rings is 1. The second kappa shape index (κ2) is 10.5. The first kappa shape index (κ1) is 25.6. The number of anilines is 1. The highest BCUT2D eigenvalue weighted by Gasteiger charge is 2.40. The number of halogens is 3. The molecule has 2 heterocycles. The Balaban J connectivity index is 0.00000233. The number of allylic oxidation sites excluding steroid dienone is 3. The topological polar surface area (TPSA) is 80.5 Å². The molecule has 1 amide bonds. The number of terminal acetylenes is 1. The number of hydrogen-bond acceptors (Lipinski definition) is 5. The van der Waals surface area contributed by atoms with Gasteiger partial charge < -0.3 is 10.0 Å². The van der Waals surface area contributed by atoms with E-state index < -0.39 is 29.3 Å². The van der Waals surface area contributed by atoms with Crippen molar-refractivity contribution in [3.8, 4) is 18.9 Å². The molecule has 9 heteroatoms. The molecule has 31 heavy (non-hydrogen) atoms. The second-order valence-corrected chi connectivity index (χ2v) is 6.90. The van der Waals surface area contributed by atoms with Crippen molar-refractivity contribution >= 4 is 11.7 Å². The number of nitrogens with zero attached hydrogens (tertiary/aromatic N) is 4. The summed E-state index contributed by atoms with van der Waals surface area (Å²) >= 11 is 0. The number of alkyl halides is 3. The standard InChI is InChI=1S/C20H23F3N4O2.C2H2/c1-5-12(2)9-17(28)26(4)19(29)16-7-6-8-27(16)18-14(11-24)15(20(21,22)23)10-13(3)25-18;1-2/h5,9-10,16,28H,6-8H2,1-4H3;1-2H/b12-5-,17-9-;. The van der Waals surface area contributed by atoms with Crippen LogP contribution >= 0.6 is 0 Å². The zero-order valence-electron chi connectivity index (χ0n) is 17.9. The average Bonchev–Trinajstić information content (AvgIpc) is 3.22. The second-order valence-electron chi connectivity index (χ2n) is 6.90. The third kappa shape index (κ3) is 5.79. The molecule has 0 spiro atoms. The molecule has 166 valence electrons. The maximum atomic E-state index is 13.4. The molecule has 1 saturated heterocycles. The normalized spacial score (nSPS) is 16.9. The molecular weight excluding hydrogens is 409 g/mol. The minimum Gasteiger partial charge on any atom is -0.494 e. The number of rotatable bonds is 4. The van der Waals surface area contributed by atoms with Gasteiger partial charge in [0.05, 0.1) is 5.56 Å². The summed E-state index contributed by atoms with van der Waals surface area (Å²) in [5.41, 5.74) is -0.827. The van der Waals surface area contributed by atoms with Gasteiger partial charge in [-0.25, -0.2) is 4.98 Å². The van der Waals surface area contributed by atoms with E-state index in [0.717, 1.165) is 16.5 Å². The van der Waals surface area contributed by atoms with Gasteiger partial charge in [-0.1, -0.05) is 11.6 Å². The number of hydrogen-bond donors (Lipinski definition) is 1. The van der Waals surface area contributed by atoms with Gasteiger partial charge in [0, 0.05) is 25.4 Å². The lowest BCUT2D eigenvalue weighted by atomic mass is 10.1. The zero-order valence-corrected chi connectivity index (χ0v) is 17.9. The summed E-state index contributed by atoms with van der Waals surface area (Å²) in [5, 5.41) is 19.6. The SMILES string of the molecule is C#C.C/C=C(C)\C=C(/O)N(C)C(=O)C1CCCN1c1nc(C)cc(C(F)(F)F)c1C#N. The number of carbonyl (C=O) groups is 1. The minimum absolute atomic E-state index is 0.101. The third-order valence-corrected chi connectivity index (χ3v) is 4.84. The Morgan fingerprint density at radius 3 is 2.58 bits per heavy atom. The van der Waals surface area contributed by atoms with Crippen molar-refractivity contribution in [2.45, 2.75) is 45.8 Å². The highest BCUT2D eigenvalue weighted by molar-refractivity contribution is 5.87. The van der Waals surface area contributed by atoms with Crippen LogP contribution in [0.1, 0.15) is 43.5 Å². The van der Waals surface area contributed by atoms with Crippen LogP contribution in [-0.2, 0) is 11.0 Å². The lowest BCUT2D eigenvalue weighted by Gasteiger charge is -2.29. The Labute approximate surface area is 180 Å². The maximum Gasteiger partial charge on any atom is 0.417 e. The van der Waals surface area contributed by atoms with Crippen LogP contribution in [0.5, 0.6) is 0 Å². The van der Waals surface area contributed by atoms with Crippen LogP contribution in [0.15, 0.2) is 29.7 Å². The number of aliphatic hydroxyl groups excluding tert-OH is 1. The summed E-state index contributed by atoms with van der Waals surface area (Å²) in [6, 6.07) is 1.60. The van der Waals surface area contributed by atoms with E-state index in [0.29, 0.717) is 12.8 Å². The van der Waals surface area contributed by atoms with Crippen LogP contribution < -0.4 is 4.90 Å². The van der Waals surface area contributed by atoms with Crippen molar-refractivity contribution in [2.24, 2.45) is 0 Å². The Bertz CT molecular complexity index is 943. The molecule has 2 rings (SSSR count). The predicted molar refractivity (Wildman–Crippen MR) is 112 cm³/mol. The molecule has 0 aliphatic carbocycles. The van der Waals surface area contributed by atoms with E-state index >= 15 is 0 Å². The molecule has 1 unspecified atom stereocenters. The summed E-state index contributed by atoms with van der Waals surface area (Å²) in [6.45, 7) is 5.23. The van der Waals surface area contributed by atoms with E-state index in [4.69, 9.17) is 0 Å². The molecular formula is C22H25F3N4O2. The summed E-state index contributed by atoms with van der Waals surface area (Å²) in [6.07, 6.45) is 7.38. The van der Waals surface area contributed by atoms with Gasteiger partial charge in [0.2, 0.25) is 0 Å². The molecule has 1 aromatic rings. The molecule has 1 aliphatic rings. The number of aliphatic hydroxyl groups is 1. The predicted octanol–water partition coefficient (Wildman–Crippen LogP) is 4.32. The van der Waals surface area contributed by atoms with Gasteiger partial charge in [0.1, 0.15) is 23.5 Å². The van der Waals surface area contributed by atoms with Crippen molar-refractivity contribution in [1.29, 1.82) is 5.26 Å². The zero-order chi connectivity index (χ0) is 23.9. The van der Waals surface area contributed by atoms with Gasteiger partial charge in [0.25, 0.3) is 5.91 Å². The summed E-state index contributed by atoms with van der Waals surface area (Å²) in [4.78, 5) is 19.6. The van der Waals surface area contributed by atoms with Gasteiger partial charge in [0.15, 0.2) is 5.88 Å². The number of aromatic nitrogens is 1. The van der Waals surface area contributed by atoms with Crippen molar-refractivity contribution in [1.82, 2.24) is 9.88 Å². The number of amides is 1. The summed E-state index contributed by atoms with van der Waals surface area (Å²) in [7, 11) is 1.39. The molecule has 0 saturated carbocycles. The van der Waals surface area contributed by atoms with Crippen LogP contribution in [-0.4, -0.2) is 40.5 Å². The molecule has 1 aliphatic heterocycles. The minimum atomic E-state index is -4.71. The maximum absolute atomic E-state index is 13.4. The highest BCUT2D eigenvalue weighted by Crippen LogP contribution is 2.37. The number of nitriles is 1. The van der Waals surface area contributed by atoms with Crippen molar-refractivity contribution in [3.05, 3.63) is 46.5 Å². The lowest BCUT2D eigenvalue weighted by Crippen LogP contribution is -2.44. The highest BCUT2D eigenvalue weighted by atomic mass is 19.4. The largest absolute Gasteiger partial charge is 0.494 e. The van der Waals surface area contributed by atoms with E-state index in [1.807, 2.05) is 0 Å². The first-order chi connectivity index (χ1) is 14.5. The smallest absolute Gasteiger partial charge is 0.417 e. The fourth-order valence-electron chi connectivity index (χ4n) is 3.20. The molecule has 1 atom stereocenters. The van der Waals surface area contributed by atoms with E-state index in [9.17, 15) is 28.3 Å². The van der Waals surface area contributed by atoms with Crippen LogP contribution in [0.4, 0.5) is 19.0 Å². The molecule has 1 aromatic heterocycles. The Kier molecular flexibility index (Phi) is 8.69. The Hall–Kier alpha value is -3.46. The van der Waals surface area contributed by atoms with Crippen LogP contribution in [0.2, 0.25) is 0 Å². The number of carbonyl (C=O) groups excluding carboxylic acids is 1. The lowest BCUT2D eigenvalue weighted by molar-refractivity contribution is -0.137. The van der Waals surface area contributed by atoms with Gasteiger partial charge >= 0.3 is 6.18 Å².